The Morgan fingerprint density at radius 3 is 2.95 bits per heavy atom. The second-order valence-electron chi connectivity index (χ2n) is 4.59. The number of carbonyl (C=O) groups is 2. The first-order chi connectivity index (χ1) is 9.02. The number of amides is 2. The first-order valence-electron chi connectivity index (χ1n) is 6.27. The Labute approximate surface area is 111 Å². The topological polar surface area (TPSA) is 82.5 Å². The molecule has 102 valence electrons. The second kappa shape index (κ2) is 5.36. The number of carbonyl (C=O) groups excluding carboxylic acids is 2. The fourth-order valence-corrected chi connectivity index (χ4v) is 2.16. The van der Waals surface area contributed by atoms with E-state index in [0.29, 0.717) is 17.8 Å². The average molecular weight is 263 g/mol. The number of aliphatic hydroxyl groups is 1. The highest BCUT2D eigenvalue weighted by atomic mass is 16.3. The summed E-state index contributed by atoms with van der Waals surface area (Å²) in [5.74, 6) is -0.101. The zero-order valence-corrected chi connectivity index (χ0v) is 11.0. The predicted molar refractivity (Wildman–Crippen MR) is 69.4 cm³/mol. The van der Waals surface area contributed by atoms with Crippen molar-refractivity contribution < 1.29 is 14.7 Å². The Morgan fingerprint density at radius 1 is 1.58 bits per heavy atom. The summed E-state index contributed by atoms with van der Waals surface area (Å²) in [5, 5.41) is 11.9. The number of aliphatic hydroxyl groups excluding tert-OH is 1. The SMILES string of the molecule is CCC1C(=O)NC(=O)CN1c1cc(C(C)O)ccn1. The minimum Gasteiger partial charge on any atom is -0.389 e. The van der Waals surface area contributed by atoms with E-state index in [2.05, 4.69) is 10.3 Å². The lowest BCUT2D eigenvalue weighted by atomic mass is 10.1. The lowest BCUT2D eigenvalue weighted by Crippen LogP contribution is -2.58. The maximum atomic E-state index is 11.8. The molecule has 1 aliphatic heterocycles. The summed E-state index contributed by atoms with van der Waals surface area (Å²) in [6.45, 7) is 3.64. The van der Waals surface area contributed by atoms with Crippen LogP contribution in [-0.2, 0) is 9.59 Å². The fraction of sp³-hybridized carbons (Fsp3) is 0.462. The number of hydrogen-bond donors (Lipinski definition) is 2. The number of hydrogen-bond acceptors (Lipinski definition) is 5. The molecule has 6 heteroatoms. The third kappa shape index (κ3) is 2.73. The molecule has 0 saturated carbocycles. The molecule has 2 N–H and O–H groups in total. The van der Waals surface area contributed by atoms with Gasteiger partial charge in [0.15, 0.2) is 0 Å². The van der Waals surface area contributed by atoms with Crippen LogP contribution in [0.4, 0.5) is 5.82 Å². The molecule has 2 amide bonds. The Balaban J connectivity index is 2.34. The summed E-state index contributed by atoms with van der Waals surface area (Å²) >= 11 is 0. The van der Waals surface area contributed by atoms with Gasteiger partial charge >= 0.3 is 0 Å². The van der Waals surface area contributed by atoms with Gasteiger partial charge in [-0.1, -0.05) is 6.92 Å². The first kappa shape index (κ1) is 13.5. The summed E-state index contributed by atoms with van der Waals surface area (Å²) in [6, 6.07) is 3.01. The van der Waals surface area contributed by atoms with Gasteiger partial charge in [0.1, 0.15) is 11.9 Å². The minimum absolute atomic E-state index is 0.0977. The molecule has 1 aromatic rings. The third-order valence-electron chi connectivity index (χ3n) is 3.19. The minimum atomic E-state index is -0.615. The molecule has 0 aromatic carbocycles. The van der Waals surface area contributed by atoms with Crippen molar-refractivity contribution in [3.05, 3.63) is 23.9 Å². The van der Waals surface area contributed by atoms with Crippen LogP contribution in [0, 0.1) is 0 Å². The van der Waals surface area contributed by atoms with Crippen LogP contribution < -0.4 is 10.2 Å². The number of aromatic nitrogens is 1. The maximum Gasteiger partial charge on any atom is 0.249 e. The van der Waals surface area contributed by atoms with Crippen molar-refractivity contribution >= 4 is 17.6 Å². The zero-order valence-electron chi connectivity index (χ0n) is 11.0. The molecule has 2 heterocycles. The molecule has 1 aliphatic rings. The van der Waals surface area contributed by atoms with Crippen molar-refractivity contribution in [2.24, 2.45) is 0 Å². The van der Waals surface area contributed by atoms with Gasteiger partial charge in [0.05, 0.1) is 12.6 Å². The smallest absolute Gasteiger partial charge is 0.249 e. The Morgan fingerprint density at radius 2 is 2.32 bits per heavy atom. The molecular formula is C13H17N3O3. The molecule has 0 bridgehead atoms. The Hall–Kier alpha value is -1.95. The molecule has 2 unspecified atom stereocenters. The summed E-state index contributed by atoms with van der Waals surface area (Å²) < 4.78 is 0. The molecule has 2 atom stereocenters. The number of nitrogens with zero attached hydrogens (tertiary/aromatic N) is 2. The third-order valence-corrected chi connectivity index (χ3v) is 3.19. The van der Waals surface area contributed by atoms with Gasteiger partial charge in [-0.2, -0.15) is 0 Å². The summed E-state index contributed by atoms with van der Waals surface area (Å²) in [4.78, 5) is 29.1. The standard InChI is InChI=1S/C13H17N3O3/c1-3-10-13(19)15-12(18)7-16(10)11-6-9(8(2)17)4-5-14-11/h4-6,8,10,17H,3,7H2,1-2H3,(H,15,18,19). The van der Waals surface area contributed by atoms with Gasteiger partial charge in [-0.3, -0.25) is 14.9 Å². The predicted octanol–water partition coefficient (Wildman–Crippen LogP) is 0.376. The molecule has 2 rings (SSSR count). The number of rotatable bonds is 3. The number of pyridine rings is 1. The van der Waals surface area contributed by atoms with Crippen LogP contribution in [0.5, 0.6) is 0 Å². The summed E-state index contributed by atoms with van der Waals surface area (Å²) in [5.41, 5.74) is 0.707. The van der Waals surface area contributed by atoms with Crippen molar-refractivity contribution in [3.63, 3.8) is 0 Å². The number of imide groups is 1. The summed E-state index contributed by atoms with van der Waals surface area (Å²) in [7, 11) is 0. The monoisotopic (exact) mass is 263 g/mol. The van der Waals surface area contributed by atoms with Crippen molar-refractivity contribution in [1.29, 1.82) is 0 Å². The maximum absolute atomic E-state index is 11.8. The van der Waals surface area contributed by atoms with Crippen molar-refractivity contribution in [2.75, 3.05) is 11.4 Å². The Bertz CT molecular complexity index is 502. The van der Waals surface area contributed by atoms with Gasteiger partial charge in [-0.05, 0) is 31.0 Å². The van der Waals surface area contributed by atoms with Crippen molar-refractivity contribution in [1.82, 2.24) is 10.3 Å². The van der Waals surface area contributed by atoms with Gasteiger partial charge < -0.3 is 10.0 Å². The van der Waals surface area contributed by atoms with Crippen LogP contribution in [0.25, 0.3) is 0 Å². The van der Waals surface area contributed by atoms with E-state index >= 15 is 0 Å². The molecule has 1 fully saturated rings. The van der Waals surface area contributed by atoms with Gasteiger partial charge in [0.25, 0.3) is 0 Å². The number of anilines is 1. The quantitative estimate of drug-likeness (QED) is 0.770. The van der Waals surface area contributed by atoms with Crippen LogP contribution in [0.3, 0.4) is 0 Å². The number of piperazine rings is 1. The van der Waals surface area contributed by atoms with Gasteiger partial charge in [0, 0.05) is 6.20 Å². The highest BCUT2D eigenvalue weighted by Crippen LogP contribution is 2.22. The van der Waals surface area contributed by atoms with Crippen molar-refractivity contribution in [3.8, 4) is 0 Å². The highest BCUT2D eigenvalue weighted by Gasteiger charge is 2.33. The van der Waals surface area contributed by atoms with E-state index < -0.39 is 12.1 Å². The van der Waals surface area contributed by atoms with Gasteiger partial charge in [0.2, 0.25) is 11.8 Å². The number of nitrogens with one attached hydrogen (secondary N) is 1. The fourth-order valence-electron chi connectivity index (χ4n) is 2.16. The van der Waals surface area contributed by atoms with E-state index in [1.165, 1.54) is 0 Å². The van der Waals surface area contributed by atoms with Gasteiger partial charge in [-0.25, -0.2) is 4.98 Å². The molecule has 19 heavy (non-hydrogen) atoms. The average Bonchev–Trinajstić information content (AvgIpc) is 2.38. The lowest BCUT2D eigenvalue weighted by Gasteiger charge is -2.34. The largest absolute Gasteiger partial charge is 0.389 e. The van der Waals surface area contributed by atoms with Gasteiger partial charge in [-0.15, -0.1) is 0 Å². The van der Waals surface area contributed by atoms with Crippen molar-refractivity contribution in [2.45, 2.75) is 32.4 Å². The highest BCUT2D eigenvalue weighted by molar-refractivity contribution is 6.04. The first-order valence-corrected chi connectivity index (χ1v) is 6.27. The van der Waals surface area contributed by atoms with Crippen LogP contribution in [0.15, 0.2) is 18.3 Å². The normalized spacial score (nSPS) is 21.2. The molecular weight excluding hydrogens is 246 g/mol. The Kier molecular flexibility index (Phi) is 3.80. The van der Waals surface area contributed by atoms with Crippen LogP contribution in [0.1, 0.15) is 31.9 Å². The lowest BCUT2D eigenvalue weighted by molar-refractivity contribution is -0.132. The molecule has 6 nitrogen and oxygen atoms in total. The van der Waals surface area contributed by atoms with Crippen LogP contribution >= 0.6 is 0 Å². The molecule has 1 aromatic heterocycles. The second-order valence-corrected chi connectivity index (χ2v) is 4.59. The van der Waals surface area contributed by atoms with E-state index in [4.69, 9.17) is 0 Å². The molecule has 0 spiro atoms. The van der Waals surface area contributed by atoms with E-state index in [9.17, 15) is 14.7 Å². The zero-order chi connectivity index (χ0) is 14.0. The summed E-state index contributed by atoms with van der Waals surface area (Å²) in [6.07, 6.45) is 1.54. The molecule has 0 radical (unpaired) electrons. The van der Waals surface area contributed by atoms with E-state index in [-0.39, 0.29) is 18.4 Å². The van der Waals surface area contributed by atoms with E-state index in [0.717, 1.165) is 0 Å². The van der Waals surface area contributed by atoms with E-state index in [1.807, 2.05) is 6.92 Å². The van der Waals surface area contributed by atoms with Crippen LogP contribution in [0.2, 0.25) is 0 Å². The van der Waals surface area contributed by atoms with E-state index in [1.54, 1.807) is 30.2 Å². The molecule has 0 aliphatic carbocycles. The van der Waals surface area contributed by atoms with Crippen LogP contribution in [-0.4, -0.2) is 34.5 Å². The molecule has 1 saturated heterocycles.